The van der Waals surface area contributed by atoms with Gasteiger partial charge in [-0.2, -0.15) is 0 Å². The molecule has 2 aliphatic rings. The Kier molecular flexibility index (Phi) is 8.86. The summed E-state index contributed by atoms with van der Waals surface area (Å²) < 4.78 is 50.3. The number of rotatable bonds is 7. The molecule has 0 aromatic heterocycles. The number of amides is 1. The fourth-order valence-corrected chi connectivity index (χ4v) is 6.93. The van der Waals surface area contributed by atoms with Crippen LogP contribution in [0.4, 0.5) is 18.9 Å². The molecular formula is C30H36F3N2O6S+. The van der Waals surface area contributed by atoms with Crippen LogP contribution in [-0.4, -0.2) is 67.7 Å². The van der Waals surface area contributed by atoms with Crippen molar-refractivity contribution < 1.29 is 42.1 Å². The number of carboxylic acids is 1. The Bertz CT molecular complexity index is 1360. The minimum absolute atomic E-state index is 0.0688. The highest BCUT2D eigenvalue weighted by Crippen LogP contribution is 2.50. The number of carboxylic acid groups (broad SMARTS) is 1. The van der Waals surface area contributed by atoms with E-state index >= 15 is 0 Å². The van der Waals surface area contributed by atoms with Crippen LogP contribution in [0.5, 0.6) is 5.75 Å². The monoisotopic (exact) mass is 609 g/mol. The molecule has 228 valence electrons. The summed E-state index contributed by atoms with van der Waals surface area (Å²) in [4.78, 5) is 41.6. The maximum absolute atomic E-state index is 14.6. The van der Waals surface area contributed by atoms with Crippen LogP contribution in [0.2, 0.25) is 0 Å². The number of thioether (sulfide) groups is 1. The third kappa shape index (κ3) is 5.82. The quantitative estimate of drug-likeness (QED) is 0.247. The van der Waals surface area contributed by atoms with Crippen molar-refractivity contribution >= 4 is 35.1 Å². The van der Waals surface area contributed by atoms with Crippen LogP contribution in [0.25, 0.3) is 0 Å². The number of carbonyl (C=O) groups excluding carboxylic acids is 2. The second kappa shape index (κ2) is 11.6. The maximum Gasteiger partial charge on any atom is 0.573 e. The van der Waals surface area contributed by atoms with Crippen LogP contribution in [0.15, 0.2) is 47.4 Å². The van der Waals surface area contributed by atoms with E-state index < -0.39 is 63.8 Å². The molecule has 1 saturated heterocycles. The summed E-state index contributed by atoms with van der Waals surface area (Å²) in [7, 11) is 0. The molecule has 2 aromatic carbocycles. The fraction of sp³-hybridized carbons (Fsp3) is 0.500. The summed E-state index contributed by atoms with van der Waals surface area (Å²) in [6.45, 7) is 6.80. The number of hydrogen-bond donors (Lipinski definition) is 2. The first-order chi connectivity index (χ1) is 19.6. The number of aliphatic carboxylic acids is 1. The van der Waals surface area contributed by atoms with Gasteiger partial charge in [0, 0.05) is 47.0 Å². The zero-order chi connectivity index (χ0) is 31.1. The van der Waals surface area contributed by atoms with E-state index in [2.05, 4.69) is 10.1 Å². The highest BCUT2D eigenvalue weighted by molar-refractivity contribution is 7.98. The molecule has 12 heteroatoms. The minimum atomic E-state index is -4.97. The van der Waals surface area contributed by atoms with E-state index in [1.54, 1.807) is 24.3 Å². The Morgan fingerprint density at radius 2 is 1.86 bits per heavy atom. The molecule has 0 saturated carbocycles. The summed E-state index contributed by atoms with van der Waals surface area (Å²) in [5, 5.41) is 13.6. The van der Waals surface area contributed by atoms with Gasteiger partial charge in [-0.15, -0.1) is 24.9 Å². The molecule has 1 amide bonds. The number of ketones is 1. The second-order valence-corrected chi connectivity index (χ2v) is 12.9. The van der Waals surface area contributed by atoms with E-state index in [1.165, 1.54) is 36.9 Å². The van der Waals surface area contributed by atoms with Gasteiger partial charge in [-0.1, -0.05) is 39.0 Å². The summed E-state index contributed by atoms with van der Waals surface area (Å²) in [5.74, 6) is -2.86. The number of piperidine rings is 1. The van der Waals surface area contributed by atoms with Crippen LogP contribution in [0.1, 0.15) is 51.3 Å². The highest BCUT2D eigenvalue weighted by Gasteiger charge is 2.65. The number of nitrogens with one attached hydrogen (secondary N) is 1. The summed E-state index contributed by atoms with van der Waals surface area (Å²) in [5.41, 5.74) is -1.61. The van der Waals surface area contributed by atoms with Gasteiger partial charge < -0.3 is 19.9 Å². The van der Waals surface area contributed by atoms with Gasteiger partial charge in [-0.05, 0) is 31.4 Å². The summed E-state index contributed by atoms with van der Waals surface area (Å²) in [6.07, 6.45) is -4.08. The van der Waals surface area contributed by atoms with E-state index in [1.807, 2.05) is 27.0 Å². The average molecular weight is 610 g/mol. The van der Waals surface area contributed by atoms with Crippen molar-refractivity contribution in [2.75, 3.05) is 32.5 Å². The number of Topliss-reactive ketones (excluding diaryl/α,β-unsaturated/α-hetero) is 1. The second-order valence-electron chi connectivity index (χ2n) is 12.0. The molecule has 1 fully saturated rings. The number of benzene rings is 2. The van der Waals surface area contributed by atoms with Crippen LogP contribution in [-0.2, 0) is 19.1 Å². The third-order valence-electron chi connectivity index (χ3n) is 8.03. The van der Waals surface area contributed by atoms with Crippen molar-refractivity contribution in [3.05, 3.63) is 53.6 Å². The van der Waals surface area contributed by atoms with Crippen molar-refractivity contribution in [2.24, 2.45) is 10.8 Å². The Morgan fingerprint density at radius 3 is 2.45 bits per heavy atom. The van der Waals surface area contributed by atoms with Gasteiger partial charge in [0.15, 0.2) is 17.8 Å². The average Bonchev–Trinajstić information content (AvgIpc) is 3.01. The highest BCUT2D eigenvalue weighted by atomic mass is 32.2. The first-order valence-electron chi connectivity index (χ1n) is 13.6. The normalized spacial score (nSPS) is 26.7. The number of quaternary nitrogens is 1. The summed E-state index contributed by atoms with van der Waals surface area (Å²) >= 11 is 1.40. The molecule has 0 bridgehead atoms. The molecule has 2 aliphatic heterocycles. The molecular weight excluding hydrogens is 573 g/mol. The standard InChI is InChI=1S/C30H35F3N2O6S/c1-18(36)29(27(38)39)16-34-13-12-24(29)35(17-28(2,3)4)22-11-10-19(42-5)14-21(22)26(40-15-25(35)37)20-8-6-7-9-23(20)41-30(31,32)33/h6-11,14,24,26,34H,12-13,15-17H2,1-5H3/p+1/t24-,26?,29+,35?/m1/s1. The number of alkyl halides is 3. The lowest BCUT2D eigenvalue weighted by atomic mass is 9.70. The van der Waals surface area contributed by atoms with Crippen molar-refractivity contribution in [2.45, 2.75) is 57.5 Å². The molecule has 2 heterocycles. The SMILES string of the molecule is CSc1ccc2c(c1)C(c1ccccc1OC(F)(F)F)OCC(=O)[N+]2(CC(C)(C)C)[C@@H]1CCNC[C@@]1(C(C)=O)C(=O)O. The van der Waals surface area contributed by atoms with Crippen LogP contribution >= 0.6 is 11.8 Å². The lowest BCUT2D eigenvalue weighted by Crippen LogP contribution is -2.75. The van der Waals surface area contributed by atoms with Gasteiger partial charge in [0.05, 0.1) is 6.54 Å². The predicted molar refractivity (Wildman–Crippen MR) is 152 cm³/mol. The number of hydrogen-bond acceptors (Lipinski definition) is 7. The van der Waals surface area contributed by atoms with Gasteiger partial charge in [0.1, 0.15) is 23.6 Å². The number of para-hydroxylation sites is 1. The molecule has 42 heavy (non-hydrogen) atoms. The number of halogens is 3. The topological polar surface area (TPSA) is 102 Å². The predicted octanol–water partition coefficient (Wildman–Crippen LogP) is 5.33. The first-order valence-corrected chi connectivity index (χ1v) is 14.8. The Labute approximate surface area is 247 Å². The molecule has 2 unspecified atom stereocenters. The fourth-order valence-electron chi connectivity index (χ4n) is 6.49. The summed E-state index contributed by atoms with van der Waals surface area (Å²) in [6, 6.07) is 9.89. The smallest absolute Gasteiger partial charge is 0.480 e. The van der Waals surface area contributed by atoms with Crippen molar-refractivity contribution in [1.29, 1.82) is 0 Å². The molecule has 4 atom stereocenters. The van der Waals surface area contributed by atoms with E-state index in [0.29, 0.717) is 17.8 Å². The molecule has 2 N–H and O–H groups in total. The molecule has 2 aromatic rings. The number of ether oxygens (including phenoxy) is 2. The number of nitrogens with zero attached hydrogens (tertiary/aromatic N) is 1. The Hall–Kier alpha value is -2.93. The van der Waals surface area contributed by atoms with E-state index in [-0.39, 0.29) is 25.1 Å². The van der Waals surface area contributed by atoms with Crippen molar-refractivity contribution in [1.82, 2.24) is 9.80 Å². The zero-order valence-corrected chi connectivity index (χ0v) is 25.0. The van der Waals surface area contributed by atoms with E-state index in [4.69, 9.17) is 4.74 Å². The lowest BCUT2D eigenvalue weighted by molar-refractivity contribution is -0.275. The number of fused-ring (bicyclic) bond motifs is 1. The third-order valence-corrected chi connectivity index (χ3v) is 8.75. The minimum Gasteiger partial charge on any atom is -0.480 e. The molecule has 0 spiro atoms. The molecule has 0 radical (unpaired) electrons. The van der Waals surface area contributed by atoms with Crippen LogP contribution < -0.4 is 14.5 Å². The lowest BCUT2D eigenvalue weighted by Gasteiger charge is -2.51. The first kappa shape index (κ1) is 32.0. The van der Waals surface area contributed by atoms with Crippen molar-refractivity contribution in [3.63, 3.8) is 0 Å². The van der Waals surface area contributed by atoms with E-state index in [0.717, 1.165) is 4.90 Å². The van der Waals surface area contributed by atoms with E-state index in [9.17, 15) is 32.7 Å². The Balaban J connectivity index is 2.09. The van der Waals surface area contributed by atoms with Crippen molar-refractivity contribution in [3.8, 4) is 5.75 Å². The van der Waals surface area contributed by atoms with Gasteiger partial charge in [0.2, 0.25) is 0 Å². The van der Waals surface area contributed by atoms with Gasteiger partial charge in [-0.25, -0.2) is 9.28 Å². The van der Waals surface area contributed by atoms with Crippen LogP contribution in [0.3, 0.4) is 0 Å². The van der Waals surface area contributed by atoms with Gasteiger partial charge >= 0.3 is 18.2 Å². The number of carbonyl (C=O) groups is 3. The Morgan fingerprint density at radius 1 is 1.17 bits per heavy atom. The zero-order valence-electron chi connectivity index (χ0n) is 24.2. The molecule has 4 rings (SSSR count). The van der Waals surface area contributed by atoms with Crippen LogP contribution in [0, 0.1) is 10.8 Å². The molecule has 0 aliphatic carbocycles. The van der Waals surface area contributed by atoms with Gasteiger partial charge in [-0.3, -0.25) is 9.59 Å². The maximum atomic E-state index is 14.6. The molecule has 8 nitrogen and oxygen atoms in total. The largest absolute Gasteiger partial charge is 0.573 e. The van der Waals surface area contributed by atoms with Gasteiger partial charge in [0.25, 0.3) is 0 Å².